The van der Waals surface area contributed by atoms with E-state index in [4.69, 9.17) is 10.5 Å². The van der Waals surface area contributed by atoms with E-state index in [1.54, 1.807) is 0 Å². The summed E-state index contributed by atoms with van der Waals surface area (Å²) in [6.07, 6.45) is 0. The third kappa shape index (κ3) is 4.55. The summed E-state index contributed by atoms with van der Waals surface area (Å²) in [7, 11) is -2.32. The highest BCUT2D eigenvalue weighted by atomic mass is 32.2. The maximum Gasteiger partial charge on any atom is 0.299 e. The summed E-state index contributed by atoms with van der Waals surface area (Å²) in [5.74, 6) is -0.575. The molecule has 0 spiro atoms. The van der Waals surface area contributed by atoms with Crippen molar-refractivity contribution in [2.24, 2.45) is 0 Å². The van der Waals surface area contributed by atoms with E-state index in [1.165, 1.54) is 13.2 Å². The number of hydrogen-bond acceptors (Lipinski definition) is 4. The SMILES string of the molecule is COCCNS(=O)(=O)Nc1cc(F)ccc1N. The van der Waals surface area contributed by atoms with Crippen LogP contribution in [0.2, 0.25) is 0 Å². The average Bonchev–Trinajstić information content (AvgIpc) is 2.23. The molecule has 0 atom stereocenters. The van der Waals surface area contributed by atoms with Crippen LogP contribution in [0.5, 0.6) is 0 Å². The van der Waals surface area contributed by atoms with Crippen molar-refractivity contribution in [1.82, 2.24) is 4.72 Å². The molecule has 0 aliphatic heterocycles. The Hall–Kier alpha value is -1.38. The molecule has 0 fully saturated rings. The van der Waals surface area contributed by atoms with E-state index in [9.17, 15) is 12.8 Å². The Labute approximate surface area is 99.1 Å². The Morgan fingerprint density at radius 3 is 2.82 bits per heavy atom. The van der Waals surface area contributed by atoms with Crippen LogP contribution in [-0.2, 0) is 14.9 Å². The van der Waals surface area contributed by atoms with Gasteiger partial charge in [-0.2, -0.15) is 13.1 Å². The lowest BCUT2D eigenvalue weighted by atomic mass is 10.3. The average molecular weight is 263 g/mol. The van der Waals surface area contributed by atoms with Crippen LogP contribution in [0.25, 0.3) is 0 Å². The van der Waals surface area contributed by atoms with Crippen LogP contribution in [0.1, 0.15) is 0 Å². The minimum absolute atomic E-state index is 0.00471. The lowest BCUT2D eigenvalue weighted by Gasteiger charge is -2.10. The predicted molar refractivity (Wildman–Crippen MR) is 63.2 cm³/mol. The van der Waals surface area contributed by atoms with E-state index in [1.807, 2.05) is 0 Å². The Morgan fingerprint density at radius 1 is 1.47 bits per heavy atom. The van der Waals surface area contributed by atoms with Crippen molar-refractivity contribution in [3.8, 4) is 0 Å². The molecule has 96 valence electrons. The number of benzene rings is 1. The van der Waals surface area contributed by atoms with Gasteiger partial charge in [0.25, 0.3) is 10.2 Å². The fourth-order valence-corrected chi connectivity index (χ4v) is 1.97. The summed E-state index contributed by atoms with van der Waals surface area (Å²) < 4.78 is 44.9. The number of hydrogen-bond donors (Lipinski definition) is 3. The lowest BCUT2D eigenvalue weighted by Crippen LogP contribution is -2.32. The van der Waals surface area contributed by atoms with Gasteiger partial charge in [0.1, 0.15) is 5.82 Å². The third-order valence-electron chi connectivity index (χ3n) is 1.86. The molecule has 17 heavy (non-hydrogen) atoms. The second kappa shape index (κ2) is 5.80. The van der Waals surface area contributed by atoms with E-state index in [0.29, 0.717) is 0 Å². The predicted octanol–water partition coefficient (Wildman–Crippen LogP) is 0.301. The third-order valence-corrected chi connectivity index (χ3v) is 2.93. The molecule has 1 aromatic carbocycles. The minimum atomic E-state index is -3.77. The molecule has 8 heteroatoms. The van der Waals surface area contributed by atoms with Crippen molar-refractivity contribution in [2.45, 2.75) is 0 Å². The van der Waals surface area contributed by atoms with Crippen molar-refractivity contribution < 1.29 is 17.5 Å². The number of nitrogen functional groups attached to an aromatic ring is 1. The minimum Gasteiger partial charge on any atom is -0.397 e. The van der Waals surface area contributed by atoms with Gasteiger partial charge in [0.15, 0.2) is 0 Å². The van der Waals surface area contributed by atoms with Gasteiger partial charge in [-0.25, -0.2) is 4.39 Å². The van der Waals surface area contributed by atoms with Gasteiger partial charge in [0, 0.05) is 19.7 Å². The molecular formula is C9H14FN3O3S. The normalized spacial score (nSPS) is 11.4. The zero-order chi connectivity index (χ0) is 12.9. The standard InChI is InChI=1S/C9H14FN3O3S/c1-16-5-4-12-17(14,15)13-9-6-7(10)2-3-8(9)11/h2-3,6,12-13H,4-5,11H2,1H3. The number of ether oxygens (including phenoxy) is 1. The molecule has 1 aromatic rings. The van der Waals surface area contributed by atoms with Gasteiger partial charge in [0.2, 0.25) is 0 Å². The Kier molecular flexibility index (Phi) is 4.67. The smallest absolute Gasteiger partial charge is 0.299 e. The highest BCUT2D eigenvalue weighted by molar-refractivity contribution is 7.90. The molecule has 6 nitrogen and oxygen atoms in total. The van der Waals surface area contributed by atoms with Crippen LogP contribution in [0.3, 0.4) is 0 Å². The van der Waals surface area contributed by atoms with Crippen LogP contribution in [0.15, 0.2) is 18.2 Å². The van der Waals surface area contributed by atoms with Crippen LogP contribution in [-0.4, -0.2) is 28.7 Å². The van der Waals surface area contributed by atoms with E-state index in [0.717, 1.165) is 12.1 Å². The maximum absolute atomic E-state index is 12.9. The molecule has 1 rings (SSSR count). The second-order valence-electron chi connectivity index (χ2n) is 3.22. The summed E-state index contributed by atoms with van der Waals surface area (Å²) in [5.41, 5.74) is 5.64. The van der Waals surface area contributed by atoms with Gasteiger partial charge in [-0.1, -0.05) is 0 Å². The number of nitrogens with two attached hydrogens (primary N) is 1. The summed E-state index contributed by atoms with van der Waals surface area (Å²) in [6, 6.07) is 3.43. The highest BCUT2D eigenvalue weighted by Crippen LogP contribution is 2.19. The van der Waals surface area contributed by atoms with Gasteiger partial charge in [0.05, 0.1) is 18.0 Å². The molecule has 0 saturated carbocycles. The zero-order valence-corrected chi connectivity index (χ0v) is 10.1. The zero-order valence-electron chi connectivity index (χ0n) is 9.23. The maximum atomic E-state index is 12.9. The molecule has 4 N–H and O–H groups in total. The molecule has 0 amide bonds. The molecule has 0 saturated heterocycles. The van der Waals surface area contributed by atoms with Crippen molar-refractivity contribution in [3.63, 3.8) is 0 Å². The number of nitrogens with one attached hydrogen (secondary N) is 2. The summed E-state index contributed by atoms with van der Waals surface area (Å²) >= 11 is 0. The summed E-state index contributed by atoms with van der Waals surface area (Å²) in [4.78, 5) is 0. The molecule has 0 bridgehead atoms. The van der Waals surface area contributed by atoms with Crippen molar-refractivity contribution in [2.75, 3.05) is 30.7 Å². The fourth-order valence-electron chi connectivity index (χ4n) is 1.08. The number of methoxy groups -OCH3 is 1. The Morgan fingerprint density at radius 2 is 2.18 bits per heavy atom. The monoisotopic (exact) mass is 263 g/mol. The molecular weight excluding hydrogens is 249 g/mol. The van der Waals surface area contributed by atoms with Crippen LogP contribution in [0, 0.1) is 5.82 Å². The second-order valence-corrected chi connectivity index (χ2v) is 4.72. The van der Waals surface area contributed by atoms with E-state index in [-0.39, 0.29) is 24.5 Å². The quantitative estimate of drug-likeness (QED) is 0.508. The van der Waals surface area contributed by atoms with Crippen LogP contribution in [0.4, 0.5) is 15.8 Å². The van der Waals surface area contributed by atoms with Crippen molar-refractivity contribution in [3.05, 3.63) is 24.0 Å². The number of rotatable bonds is 6. The fraction of sp³-hybridized carbons (Fsp3) is 0.333. The van der Waals surface area contributed by atoms with E-state index >= 15 is 0 Å². The molecule has 0 aromatic heterocycles. The molecule has 0 aliphatic rings. The number of anilines is 2. The van der Waals surface area contributed by atoms with Gasteiger partial charge >= 0.3 is 0 Å². The van der Waals surface area contributed by atoms with E-state index < -0.39 is 16.0 Å². The van der Waals surface area contributed by atoms with Crippen LogP contribution < -0.4 is 15.2 Å². The first kappa shape index (κ1) is 13.7. The lowest BCUT2D eigenvalue weighted by molar-refractivity contribution is 0.204. The van der Waals surface area contributed by atoms with E-state index in [2.05, 4.69) is 9.44 Å². The highest BCUT2D eigenvalue weighted by Gasteiger charge is 2.11. The van der Waals surface area contributed by atoms with Crippen molar-refractivity contribution >= 4 is 21.6 Å². The largest absolute Gasteiger partial charge is 0.397 e. The first-order valence-corrected chi connectivity index (χ1v) is 6.24. The van der Waals surface area contributed by atoms with Gasteiger partial charge in [-0.05, 0) is 12.1 Å². The Balaban J connectivity index is 2.72. The van der Waals surface area contributed by atoms with Gasteiger partial charge in [-0.15, -0.1) is 0 Å². The van der Waals surface area contributed by atoms with Gasteiger partial charge < -0.3 is 10.5 Å². The summed E-state index contributed by atoms with van der Waals surface area (Å²) in [5, 5.41) is 0. The number of halogens is 1. The van der Waals surface area contributed by atoms with Crippen molar-refractivity contribution in [1.29, 1.82) is 0 Å². The van der Waals surface area contributed by atoms with Crippen LogP contribution >= 0.6 is 0 Å². The molecule has 0 unspecified atom stereocenters. The Bertz CT molecular complexity index is 478. The molecule has 0 aliphatic carbocycles. The molecule has 0 heterocycles. The molecule has 0 radical (unpaired) electrons. The first-order chi connectivity index (χ1) is 7.94. The first-order valence-electron chi connectivity index (χ1n) is 4.76. The topological polar surface area (TPSA) is 93.4 Å². The summed E-state index contributed by atoms with van der Waals surface area (Å²) in [6.45, 7) is 0.348. The van der Waals surface area contributed by atoms with Gasteiger partial charge in [-0.3, -0.25) is 4.72 Å².